The highest BCUT2D eigenvalue weighted by atomic mass is 32.2. The summed E-state index contributed by atoms with van der Waals surface area (Å²) in [6, 6.07) is 9.16. The number of benzene rings is 1. The smallest absolute Gasteiger partial charge is 0.334 e. The van der Waals surface area contributed by atoms with E-state index in [0.29, 0.717) is 17.9 Å². The van der Waals surface area contributed by atoms with Gasteiger partial charge < -0.3 is 5.32 Å². The summed E-state index contributed by atoms with van der Waals surface area (Å²) in [5.41, 5.74) is 0.627. The Morgan fingerprint density at radius 3 is 2.41 bits per heavy atom. The Bertz CT molecular complexity index is 1520. The van der Waals surface area contributed by atoms with Gasteiger partial charge in [0.25, 0.3) is 0 Å². The lowest BCUT2D eigenvalue weighted by Gasteiger charge is -2.24. The van der Waals surface area contributed by atoms with Crippen LogP contribution in [0.5, 0.6) is 0 Å². The lowest BCUT2D eigenvalue weighted by Crippen LogP contribution is -2.41. The third kappa shape index (κ3) is 4.97. The van der Waals surface area contributed by atoms with E-state index < -0.39 is 27.1 Å². The van der Waals surface area contributed by atoms with Crippen molar-refractivity contribution < 1.29 is 26.4 Å². The fourth-order valence-electron chi connectivity index (χ4n) is 5.54. The molecule has 3 aromatic rings. The van der Waals surface area contributed by atoms with Gasteiger partial charge in [-0.25, -0.2) is 28.2 Å². The van der Waals surface area contributed by atoms with Crippen LogP contribution < -0.4 is 10.2 Å². The molecule has 1 fully saturated rings. The van der Waals surface area contributed by atoms with Gasteiger partial charge in [0.05, 0.1) is 39.0 Å². The van der Waals surface area contributed by atoms with Gasteiger partial charge in [0.15, 0.2) is 15.5 Å². The number of pyridine rings is 1. The molecule has 0 atom stereocenters. The van der Waals surface area contributed by atoms with Crippen LogP contribution in [0.3, 0.4) is 0 Å². The van der Waals surface area contributed by atoms with Crippen LogP contribution in [-0.2, 0) is 28.0 Å². The number of alkyl halides is 3. The fourth-order valence-corrected chi connectivity index (χ4v) is 6.42. The van der Waals surface area contributed by atoms with Gasteiger partial charge in [0.2, 0.25) is 0 Å². The van der Waals surface area contributed by atoms with Gasteiger partial charge in [-0.05, 0) is 49.6 Å². The number of nitrogens with zero attached hydrogens (tertiary/aromatic N) is 4. The van der Waals surface area contributed by atoms with E-state index in [1.807, 2.05) is 0 Å². The third-order valence-electron chi connectivity index (χ3n) is 7.60. The van der Waals surface area contributed by atoms with Gasteiger partial charge in [-0.1, -0.05) is 31.9 Å². The molecule has 1 saturated carbocycles. The van der Waals surface area contributed by atoms with Gasteiger partial charge >= 0.3 is 12.2 Å². The minimum atomic E-state index is -4.67. The standard InChI is InChI=1S/C27H28F3N5O3S/c1-3-39(37,38)19-8-6-18(7-9-19)14-31-25(36)35-15-26(12-4-5-13-26)23-21(35)11-10-20(34-23)22-17(2)32-16-33-24(22)27(28,29)30/h6-11,16H,3-5,12-15H2,1-2H3,(H,31,36). The molecule has 1 spiro atoms. The first-order chi connectivity index (χ1) is 18.4. The minimum Gasteiger partial charge on any atom is -0.334 e. The van der Waals surface area contributed by atoms with E-state index in [9.17, 15) is 26.4 Å². The first-order valence-electron chi connectivity index (χ1n) is 12.7. The highest BCUT2D eigenvalue weighted by Gasteiger charge is 2.48. The average Bonchev–Trinajstić information content (AvgIpc) is 3.52. The first-order valence-corrected chi connectivity index (χ1v) is 14.4. The summed E-state index contributed by atoms with van der Waals surface area (Å²) >= 11 is 0. The molecule has 1 aliphatic carbocycles. The Kier molecular flexibility index (Phi) is 6.86. The number of rotatable bonds is 5. The molecule has 2 aromatic heterocycles. The highest BCUT2D eigenvalue weighted by molar-refractivity contribution is 7.91. The zero-order chi connectivity index (χ0) is 28.0. The molecule has 1 N–H and O–H groups in total. The van der Waals surface area contributed by atoms with Crippen molar-refractivity contribution in [1.29, 1.82) is 0 Å². The monoisotopic (exact) mass is 559 g/mol. The van der Waals surface area contributed by atoms with Crippen LogP contribution in [0.25, 0.3) is 11.3 Å². The Balaban J connectivity index is 1.43. The van der Waals surface area contributed by atoms with Gasteiger partial charge in [0.1, 0.15) is 6.33 Å². The van der Waals surface area contributed by atoms with Crippen LogP contribution in [0, 0.1) is 6.92 Å². The van der Waals surface area contributed by atoms with Crippen molar-refractivity contribution in [1.82, 2.24) is 20.3 Å². The number of urea groups is 1. The number of fused-ring (bicyclic) bond motifs is 2. The van der Waals surface area contributed by atoms with Crippen molar-refractivity contribution in [3.63, 3.8) is 0 Å². The number of anilines is 1. The number of sulfone groups is 1. The number of halogens is 3. The maximum absolute atomic E-state index is 13.8. The number of hydrogen-bond acceptors (Lipinski definition) is 6. The summed E-state index contributed by atoms with van der Waals surface area (Å²) in [6.45, 7) is 3.65. The van der Waals surface area contributed by atoms with Crippen molar-refractivity contribution in [2.75, 3.05) is 17.2 Å². The van der Waals surface area contributed by atoms with Crippen molar-refractivity contribution in [2.45, 2.75) is 62.6 Å². The minimum absolute atomic E-state index is 0.00331. The topological polar surface area (TPSA) is 105 Å². The van der Waals surface area contributed by atoms with Crippen molar-refractivity contribution >= 4 is 21.6 Å². The predicted octanol–water partition coefficient (Wildman–Crippen LogP) is 5.20. The van der Waals surface area contributed by atoms with Crippen LogP contribution in [-0.4, -0.2) is 41.7 Å². The molecule has 0 unspecified atom stereocenters. The van der Waals surface area contributed by atoms with Crippen LogP contribution in [0.2, 0.25) is 0 Å². The maximum atomic E-state index is 13.8. The molecule has 2 aliphatic rings. The molecule has 8 nitrogen and oxygen atoms in total. The summed E-state index contributed by atoms with van der Waals surface area (Å²) in [6.07, 6.45) is -0.326. The molecule has 206 valence electrons. The molecule has 3 heterocycles. The summed E-state index contributed by atoms with van der Waals surface area (Å²) in [4.78, 5) is 27.3. The molecule has 2 amide bonds. The van der Waals surface area contributed by atoms with Crippen molar-refractivity contribution in [3.05, 3.63) is 65.4 Å². The van der Waals surface area contributed by atoms with Gasteiger partial charge in [-0.3, -0.25) is 4.90 Å². The lowest BCUT2D eigenvalue weighted by atomic mass is 9.84. The van der Waals surface area contributed by atoms with E-state index in [1.165, 1.54) is 25.1 Å². The molecule has 0 bridgehead atoms. The average molecular weight is 560 g/mol. The second kappa shape index (κ2) is 9.89. The fraction of sp³-hybridized carbons (Fsp3) is 0.407. The van der Waals surface area contributed by atoms with Gasteiger partial charge in [-0.15, -0.1) is 0 Å². The largest absolute Gasteiger partial charge is 0.434 e. The second-order valence-electron chi connectivity index (χ2n) is 10.0. The normalized spacial score (nSPS) is 16.5. The second-order valence-corrected chi connectivity index (χ2v) is 12.3. The number of aryl methyl sites for hydroxylation is 1. The van der Waals surface area contributed by atoms with Gasteiger partial charge in [0, 0.05) is 18.5 Å². The zero-order valence-electron chi connectivity index (χ0n) is 21.5. The quantitative estimate of drug-likeness (QED) is 0.461. The van der Waals surface area contributed by atoms with E-state index in [1.54, 1.807) is 30.0 Å². The molecule has 0 radical (unpaired) electrons. The van der Waals surface area contributed by atoms with E-state index in [2.05, 4.69) is 15.3 Å². The summed E-state index contributed by atoms with van der Waals surface area (Å²) in [5.74, 6) is 0.00331. The summed E-state index contributed by atoms with van der Waals surface area (Å²) in [7, 11) is -3.32. The van der Waals surface area contributed by atoms with Crippen LogP contribution in [0.15, 0.2) is 47.6 Å². The molecule has 1 aromatic carbocycles. The van der Waals surface area contributed by atoms with E-state index in [4.69, 9.17) is 4.98 Å². The first kappa shape index (κ1) is 27.0. The molecular formula is C27H28F3N5O3S. The van der Waals surface area contributed by atoms with E-state index in [-0.39, 0.29) is 40.2 Å². The molecule has 39 heavy (non-hydrogen) atoms. The number of nitrogens with one attached hydrogen (secondary N) is 1. The highest BCUT2D eigenvalue weighted by Crippen LogP contribution is 2.50. The SMILES string of the molecule is CCS(=O)(=O)c1ccc(CNC(=O)N2CC3(CCCC3)c3nc(-c4c(C)ncnc4C(F)(F)F)ccc32)cc1. The Morgan fingerprint density at radius 1 is 1.08 bits per heavy atom. The number of amides is 2. The predicted molar refractivity (Wildman–Crippen MR) is 139 cm³/mol. The molecule has 5 rings (SSSR count). The maximum Gasteiger partial charge on any atom is 0.434 e. The van der Waals surface area contributed by atoms with Crippen molar-refractivity contribution in [3.8, 4) is 11.3 Å². The number of carbonyl (C=O) groups excluding carboxylic acids is 1. The van der Waals surface area contributed by atoms with Crippen LogP contribution >= 0.6 is 0 Å². The van der Waals surface area contributed by atoms with Crippen LogP contribution in [0.1, 0.15) is 55.3 Å². The lowest BCUT2D eigenvalue weighted by molar-refractivity contribution is -0.140. The zero-order valence-corrected chi connectivity index (χ0v) is 22.4. The number of hydrogen-bond donors (Lipinski definition) is 1. The molecular weight excluding hydrogens is 531 g/mol. The van der Waals surface area contributed by atoms with E-state index in [0.717, 1.165) is 37.6 Å². The third-order valence-corrected chi connectivity index (χ3v) is 9.35. The van der Waals surface area contributed by atoms with Crippen LogP contribution in [0.4, 0.5) is 23.7 Å². The van der Waals surface area contributed by atoms with Crippen molar-refractivity contribution in [2.24, 2.45) is 0 Å². The number of carbonyl (C=O) groups is 1. The molecule has 1 aliphatic heterocycles. The molecule has 0 saturated heterocycles. The number of aromatic nitrogens is 3. The molecule has 12 heteroatoms. The summed E-state index contributed by atoms with van der Waals surface area (Å²) < 4.78 is 65.4. The Hall–Kier alpha value is -3.54. The van der Waals surface area contributed by atoms with E-state index >= 15 is 0 Å². The summed E-state index contributed by atoms with van der Waals surface area (Å²) in [5, 5.41) is 2.89. The Labute approximate surface area is 224 Å². The Morgan fingerprint density at radius 2 is 1.77 bits per heavy atom. The van der Waals surface area contributed by atoms with Gasteiger partial charge in [-0.2, -0.15) is 13.2 Å².